The Kier molecular flexibility index (Phi) is 6.12. The van der Waals surface area contributed by atoms with Crippen LogP contribution < -0.4 is 29.3 Å². The number of fused-ring (bicyclic) bond motifs is 3. The Balaban J connectivity index is 1.58. The van der Waals surface area contributed by atoms with E-state index in [2.05, 4.69) is 4.98 Å². The molecule has 0 aliphatic carbocycles. The average molecular weight is 503 g/mol. The summed E-state index contributed by atoms with van der Waals surface area (Å²) in [6.07, 6.45) is 1.38. The molecule has 2 heterocycles. The minimum absolute atomic E-state index is 0.0314. The summed E-state index contributed by atoms with van der Waals surface area (Å²) < 4.78 is 37.8. The van der Waals surface area contributed by atoms with E-state index in [0.29, 0.717) is 33.4 Å². The first-order valence-corrected chi connectivity index (χ1v) is 12.6. The molecule has 1 unspecified atom stereocenters. The van der Waals surface area contributed by atoms with Gasteiger partial charge in [-0.3, -0.25) is 4.57 Å². The molecule has 4 aromatic rings. The highest BCUT2D eigenvalue weighted by Gasteiger charge is 2.40. The van der Waals surface area contributed by atoms with E-state index in [9.17, 15) is 14.5 Å². The zero-order valence-corrected chi connectivity index (χ0v) is 20.4. The van der Waals surface area contributed by atoms with Gasteiger partial charge in [-0.05, 0) is 42.0 Å². The largest absolute Gasteiger partial charge is 0.496 e. The second kappa shape index (κ2) is 9.40. The summed E-state index contributed by atoms with van der Waals surface area (Å²) in [7, 11) is -0.663. The topological polar surface area (TPSA) is 104 Å². The number of rotatable bonds is 7. The second-order valence-corrected chi connectivity index (χ2v) is 10.2. The molecule has 36 heavy (non-hydrogen) atoms. The van der Waals surface area contributed by atoms with Gasteiger partial charge in [-0.15, -0.1) is 0 Å². The molecular formula is C27H22NO7P. The summed E-state index contributed by atoms with van der Waals surface area (Å²) in [4.78, 5) is 15.3. The number of aromatic carboxylic acids is 1. The van der Waals surface area contributed by atoms with Gasteiger partial charge in [-0.1, -0.05) is 36.4 Å². The van der Waals surface area contributed by atoms with Gasteiger partial charge in [-0.2, -0.15) is 0 Å². The summed E-state index contributed by atoms with van der Waals surface area (Å²) >= 11 is 0. The maximum absolute atomic E-state index is 14.6. The first-order chi connectivity index (χ1) is 17.5. The van der Waals surface area contributed by atoms with Crippen molar-refractivity contribution in [3.63, 3.8) is 0 Å². The quantitative estimate of drug-likeness (QED) is 0.363. The third-order valence-corrected chi connectivity index (χ3v) is 8.34. The van der Waals surface area contributed by atoms with Crippen molar-refractivity contribution >= 4 is 23.9 Å². The van der Waals surface area contributed by atoms with Crippen molar-refractivity contribution in [2.75, 3.05) is 14.2 Å². The molecule has 0 saturated heterocycles. The van der Waals surface area contributed by atoms with E-state index < -0.39 is 13.3 Å². The molecule has 0 amide bonds. The molecule has 1 aliphatic rings. The SMILES string of the molecule is COc1cc(P2(=O)Oc3ccccc3-c3ccccc32)c(OC)cc1COc1cccnc1C(=O)O. The molecule has 0 bridgehead atoms. The number of para-hydroxylation sites is 1. The number of benzene rings is 3. The van der Waals surface area contributed by atoms with Crippen LogP contribution in [-0.4, -0.2) is 30.3 Å². The van der Waals surface area contributed by atoms with Gasteiger partial charge in [0.15, 0.2) is 11.4 Å². The molecule has 0 fully saturated rings. The second-order valence-electron chi connectivity index (χ2n) is 7.94. The number of methoxy groups -OCH3 is 2. The molecule has 1 N–H and O–H groups in total. The van der Waals surface area contributed by atoms with Gasteiger partial charge in [0, 0.05) is 17.3 Å². The Bertz CT molecular complexity index is 1520. The molecule has 1 aromatic heterocycles. The molecule has 182 valence electrons. The number of carbonyl (C=O) groups is 1. The highest BCUT2D eigenvalue weighted by Crippen LogP contribution is 2.55. The van der Waals surface area contributed by atoms with Gasteiger partial charge in [0.05, 0.1) is 24.8 Å². The van der Waals surface area contributed by atoms with Crippen LogP contribution in [0.1, 0.15) is 16.1 Å². The normalized spacial score (nSPS) is 15.7. The minimum Gasteiger partial charge on any atom is -0.496 e. The fourth-order valence-electron chi connectivity index (χ4n) is 4.20. The van der Waals surface area contributed by atoms with E-state index in [-0.39, 0.29) is 18.1 Å². The molecule has 0 saturated carbocycles. The fraction of sp³-hybridized carbons (Fsp3) is 0.111. The Morgan fingerprint density at radius 3 is 2.36 bits per heavy atom. The van der Waals surface area contributed by atoms with E-state index in [1.807, 2.05) is 36.4 Å². The first-order valence-electron chi connectivity index (χ1n) is 11.0. The highest BCUT2D eigenvalue weighted by molar-refractivity contribution is 7.75. The van der Waals surface area contributed by atoms with Crippen LogP contribution in [-0.2, 0) is 11.2 Å². The third-order valence-electron chi connectivity index (χ3n) is 5.88. The number of carboxylic acids is 1. The van der Waals surface area contributed by atoms with Crippen molar-refractivity contribution in [1.82, 2.24) is 4.98 Å². The summed E-state index contributed by atoms with van der Waals surface area (Å²) in [5.74, 6) is 0.157. The van der Waals surface area contributed by atoms with Gasteiger partial charge in [0.1, 0.15) is 23.9 Å². The molecule has 1 aliphatic heterocycles. The van der Waals surface area contributed by atoms with Crippen LogP contribution in [0.25, 0.3) is 11.1 Å². The van der Waals surface area contributed by atoms with E-state index >= 15 is 0 Å². The number of carboxylic acid groups (broad SMARTS) is 1. The van der Waals surface area contributed by atoms with E-state index in [1.54, 1.807) is 30.3 Å². The smallest absolute Gasteiger partial charge is 0.358 e. The molecule has 5 rings (SSSR count). The van der Waals surface area contributed by atoms with Crippen molar-refractivity contribution in [3.05, 3.63) is 90.3 Å². The van der Waals surface area contributed by atoms with Gasteiger partial charge in [0.2, 0.25) is 0 Å². The van der Waals surface area contributed by atoms with Crippen molar-refractivity contribution in [2.45, 2.75) is 6.61 Å². The minimum atomic E-state index is -3.63. The van der Waals surface area contributed by atoms with Crippen LogP contribution in [0, 0.1) is 0 Å². The molecule has 0 spiro atoms. The number of aromatic nitrogens is 1. The Morgan fingerprint density at radius 1 is 0.889 bits per heavy atom. The zero-order chi connectivity index (χ0) is 25.3. The van der Waals surface area contributed by atoms with Crippen LogP contribution in [0.4, 0.5) is 0 Å². The fourth-order valence-corrected chi connectivity index (χ4v) is 6.62. The van der Waals surface area contributed by atoms with Crippen molar-refractivity contribution < 1.29 is 33.2 Å². The van der Waals surface area contributed by atoms with Crippen molar-refractivity contribution in [3.8, 4) is 34.1 Å². The van der Waals surface area contributed by atoms with E-state index in [4.69, 9.17) is 18.7 Å². The van der Waals surface area contributed by atoms with E-state index in [1.165, 1.54) is 26.5 Å². The lowest BCUT2D eigenvalue weighted by Gasteiger charge is -2.30. The van der Waals surface area contributed by atoms with Gasteiger partial charge in [0.25, 0.3) is 0 Å². The maximum atomic E-state index is 14.6. The molecule has 0 radical (unpaired) electrons. The lowest BCUT2D eigenvalue weighted by atomic mass is 10.0. The van der Waals surface area contributed by atoms with Gasteiger partial charge >= 0.3 is 13.3 Å². The monoisotopic (exact) mass is 503 g/mol. The van der Waals surface area contributed by atoms with Crippen LogP contribution in [0.15, 0.2) is 79.0 Å². The maximum Gasteiger partial charge on any atom is 0.358 e. The van der Waals surface area contributed by atoms with Crippen molar-refractivity contribution in [2.24, 2.45) is 0 Å². The van der Waals surface area contributed by atoms with Crippen molar-refractivity contribution in [1.29, 1.82) is 0 Å². The summed E-state index contributed by atoms with van der Waals surface area (Å²) in [5, 5.41) is 10.3. The lowest BCUT2D eigenvalue weighted by Crippen LogP contribution is -2.26. The van der Waals surface area contributed by atoms with Crippen LogP contribution in [0.2, 0.25) is 0 Å². The van der Waals surface area contributed by atoms with Gasteiger partial charge in [-0.25, -0.2) is 9.78 Å². The zero-order valence-electron chi connectivity index (χ0n) is 19.5. The Labute approximate surface area is 207 Å². The Morgan fingerprint density at radius 2 is 1.61 bits per heavy atom. The van der Waals surface area contributed by atoms with Gasteiger partial charge < -0.3 is 23.8 Å². The molecule has 8 nitrogen and oxygen atoms in total. The van der Waals surface area contributed by atoms with E-state index in [0.717, 1.165) is 11.1 Å². The summed E-state index contributed by atoms with van der Waals surface area (Å²) in [6.45, 7) is -0.0314. The first kappa shape index (κ1) is 23.5. The third kappa shape index (κ3) is 3.95. The molecule has 9 heteroatoms. The summed E-state index contributed by atoms with van der Waals surface area (Å²) in [6, 6.07) is 21.3. The highest BCUT2D eigenvalue weighted by atomic mass is 31.2. The lowest BCUT2D eigenvalue weighted by molar-refractivity contribution is 0.0684. The van der Waals surface area contributed by atoms with Crippen LogP contribution in [0.5, 0.6) is 23.0 Å². The molecule has 1 atom stereocenters. The summed E-state index contributed by atoms with van der Waals surface area (Å²) in [5.41, 5.74) is 2.06. The van der Waals surface area contributed by atoms with Crippen LogP contribution >= 0.6 is 7.37 Å². The number of hydrogen-bond acceptors (Lipinski definition) is 7. The molecule has 3 aromatic carbocycles. The number of pyridine rings is 1. The molecular weight excluding hydrogens is 481 g/mol. The number of nitrogens with zero attached hydrogens (tertiary/aromatic N) is 1. The standard InChI is InChI=1S/C27H22NO7P/c1-32-22-15-25(23(33-2)14-17(22)16-34-21-11-7-13-28-26(21)27(29)30)36(31)24-12-6-4-9-19(24)18-8-3-5-10-20(18)35-36/h3-15H,16H2,1-2H3,(H,29,30). The number of hydrogen-bond donors (Lipinski definition) is 1. The predicted octanol–water partition coefficient (Wildman–Crippen LogP) is 4.66. The predicted molar refractivity (Wildman–Crippen MR) is 134 cm³/mol. The number of ether oxygens (including phenoxy) is 3. The average Bonchev–Trinajstić information content (AvgIpc) is 2.91. The van der Waals surface area contributed by atoms with Crippen LogP contribution in [0.3, 0.4) is 0 Å². The Hall–Kier alpha value is -4.29.